The summed E-state index contributed by atoms with van der Waals surface area (Å²) in [6.07, 6.45) is 4.33. The van der Waals surface area contributed by atoms with Gasteiger partial charge in [-0.05, 0) is 50.2 Å². The number of Topliss-reactive ketones (excluding diaryl/α,β-unsaturated/α-hetero) is 1. The highest BCUT2D eigenvalue weighted by atomic mass is 16.2. The van der Waals surface area contributed by atoms with Gasteiger partial charge in [0.15, 0.2) is 5.78 Å². The van der Waals surface area contributed by atoms with Crippen molar-refractivity contribution in [3.8, 4) is 0 Å². The minimum atomic E-state index is -0.718. The van der Waals surface area contributed by atoms with Crippen LogP contribution in [0.1, 0.15) is 86.1 Å². The fourth-order valence-corrected chi connectivity index (χ4v) is 6.54. The van der Waals surface area contributed by atoms with E-state index < -0.39 is 12.1 Å². The first-order chi connectivity index (χ1) is 23.1. The predicted molar refractivity (Wildman–Crippen MR) is 184 cm³/mol. The van der Waals surface area contributed by atoms with Crippen molar-refractivity contribution in [2.24, 2.45) is 5.92 Å². The Kier molecular flexibility index (Phi) is 11.1. The van der Waals surface area contributed by atoms with Crippen LogP contribution in [0.5, 0.6) is 0 Å². The van der Waals surface area contributed by atoms with Gasteiger partial charge < -0.3 is 20.1 Å². The summed E-state index contributed by atoms with van der Waals surface area (Å²) >= 11 is 0. The Morgan fingerprint density at radius 2 is 1.77 bits per heavy atom. The monoisotopic (exact) mass is 653 g/mol. The summed E-state index contributed by atoms with van der Waals surface area (Å²) < 4.78 is 3.68. The largest absolute Gasteiger partial charge is 0.344 e. The van der Waals surface area contributed by atoms with Crippen molar-refractivity contribution in [3.63, 3.8) is 0 Å². The topological polar surface area (TPSA) is 131 Å². The second-order valence-corrected chi connectivity index (χ2v) is 12.8. The Morgan fingerprint density at radius 3 is 2.48 bits per heavy atom. The summed E-state index contributed by atoms with van der Waals surface area (Å²) in [4.78, 5) is 60.1. The maximum Gasteiger partial charge on any atom is 0.243 e. The summed E-state index contributed by atoms with van der Waals surface area (Å²) in [5.74, 6) is 0.411. The number of carbonyl (C=O) groups is 4. The van der Waals surface area contributed by atoms with Gasteiger partial charge in [0.1, 0.15) is 24.2 Å². The third kappa shape index (κ3) is 7.83. The molecule has 2 aromatic heterocycles. The van der Waals surface area contributed by atoms with E-state index >= 15 is 0 Å². The first-order valence-corrected chi connectivity index (χ1v) is 17.0. The zero-order valence-corrected chi connectivity index (χ0v) is 28.7. The van der Waals surface area contributed by atoms with E-state index in [1.807, 2.05) is 73.9 Å². The average Bonchev–Trinajstić information content (AvgIpc) is 3.64. The molecule has 0 aliphatic carbocycles. The quantitative estimate of drug-likeness (QED) is 0.268. The van der Waals surface area contributed by atoms with Gasteiger partial charge in [-0.1, -0.05) is 75.7 Å². The van der Waals surface area contributed by atoms with Crippen LogP contribution < -0.4 is 10.6 Å². The van der Waals surface area contributed by atoms with Crippen LogP contribution in [0, 0.1) is 12.8 Å². The lowest BCUT2D eigenvalue weighted by molar-refractivity contribution is -0.133. The SMILES string of the molecule is CCc1cccc2c(C(C)=O)cn(CC(=O)N3CCCC(=O)N[C@@H]([C@@H](C)CC)C(=O)N[C@@H](Cc4ccccc4)c4nc(C)nn4CC3)c12. The third-order valence-corrected chi connectivity index (χ3v) is 9.34. The van der Waals surface area contributed by atoms with E-state index in [0.29, 0.717) is 56.1 Å². The number of hydrogen-bond acceptors (Lipinski definition) is 6. The van der Waals surface area contributed by atoms with Crippen LogP contribution in [-0.4, -0.2) is 66.9 Å². The van der Waals surface area contributed by atoms with Crippen molar-refractivity contribution in [3.05, 3.63) is 83.1 Å². The standard InChI is InChI=1S/C37H47N7O4/c1-6-24(3)34-37(48)39-31(21-27-13-9-8-10-14-27)36-38-26(5)41-44(36)20-19-42(18-12-17-32(46)40-34)33(47)23-43-22-30(25(4)45)29-16-11-15-28(7-2)35(29)43/h8-11,13-16,22,24,31,34H,6-7,12,17-21,23H2,1-5H3,(H,39,48)(H,40,46)/t24-,31-,34-/m0/s1. The molecular formula is C37H47N7O4. The number of benzene rings is 2. The van der Waals surface area contributed by atoms with Crippen LogP contribution in [0.25, 0.3) is 10.9 Å². The molecule has 4 aromatic rings. The summed E-state index contributed by atoms with van der Waals surface area (Å²) in [5.41, 5.74) is 3.57. The number of carbonyl (C=O) groups excluding carboxylic acids is 4. The van der Waals surface area contributed by atoms with Gasteiger partial charge in [0, 0.05) is 36.7 Å². The first-order valence-electron chi connectivity index (χ1n) is 17.0. The van der Waals surface area contributed by atoms with Gasteiger partial charge >= 0.3 is 0 Å². The molecule has 254 valence electrons. The molecule has 3 heterocycles. The molecule has 5 rings (SSSR count). The molecule has 48 heavy (non-hydrogen) atoms. The van der Waals surface area contributed by atoms with E-state index in [9.17, 15) is 19.2 Å². The predicted octanol–water partition coefficient (Wildman–Crippen LogP) is 4.56. The molecule has 0 spiro atoms. The molecule has 2 N–H and O–H groups in total. The highest BCUT2D eigenvalue weighted by molar-refractivity contribution is 6.08. The van der Waals surface area contributed by atoms with Gasteiger partial charge in [-0.3, -0.25) is 19.2 Å². The Morgan fingerprint density at radius 1 is 1.00 bits per heavy atom. The summed E-state index contributed by atoms with van der Waals surface area (Å²) in [5, 5.41) is 11.7. The molecule has 2 aromatic carbocycles. The smallest absolute Gasteiger partial charge is 0.243 e. The molecule has 0 fully saturated rings. The molecule has 11 nitrogen and oxygen atoms in total. The maximum atomic E-state index is 14.1. The Bertz CT molecular complexity index is 1780. The normalized spacial score (nSPS) is 18.5. The number of nitrogens with one attached hydrogen (secondary N) is 2. The highest BCUT2D eigenvalue weighted by Crippen LogP contribution is 2.26. The van der Waals surface area contributed by atoms with Gasteiger partial charge in [0.05, 0.1) is 18.1 Å². The van der Waals surface area contributed by atoms with Gasteiger partial charge in [-0.25, -0.2) is 9.67 Å². The number of rotatable bonds is 8. The van der Waals surface area contributed by atoms with Crippen molar-refractivity contribution in [1.82, 2.24) is 34.9 Å². The molecule has 0 radical (unpaired) electrons. The van der Waals surface area contributed by atoms with Crippen molar-refractivity contribution < 1.29 is 19.2 Å². The van der Waals surface area contributed by atoms with Crippen molar-refractivity contribution in [2.45, 2.75) is 91.9 Å². The van der Waals surface area contributed by atoms with Crippen LogP contribution in [0.3, 0.4) is 0 Å². The lowest BCUT2D eigenvalue weighted by atomic mass is 9.97. The van der Waals surface area contributed by atoms with E-state index in [1.54, 1.807) is 22.7 Å². The molecule has 0 bridgehead atoms. The minimum absolute atomic E-state index is 0.0503. The van der Waals surface area contributed by atoms with Crippen LogP contribution in [0.2, 0.25) is 0 Å². The fourth-order valence-electron chi connectivity index (χ4n) is 6.54. The Labute approximate surface area is 282 Å². The molecule has 0 saturated carbocycles. The van der Waals surface area contributed by atoms with E-state index in [-0.39, 0.29) is 42.4 Å². The van der Waals surface area contributed by atoms with Crippen molar-refractivity contribution in [1.29, 1.82) is 0 Å². The molecule has 3 atom stereocenters. The maximum absolute atomic E-state index is 14.1. The van der Waals surface area contributed by atoms with Crippen LogP contribution in [-0.2, 0) is 40.3 Å². The third-order valence-electron chi connectivity index (χ3n) is 9.34. The van der Waals surface area contributed by atoms with E-state index in [0.717, 1.165) is 28.5 Å². The molecular weight excluding hydrogens is 606 g/mol. The fraction of sp³-hybridized carbons (Fsp3) is 0.459. The lowest BCUT2D eigenvalue weighted by Gasteiger charge is -2.28. The second kappa shape index (κ2) is 15.4. The molecule has 1 aliphatic heterocycles. The van der Waals surface area contributed by atoms with E-state index in [2.05, 4.69) is 22.7 Å². The molecule has 3 amide bonds. The van der Waals surface area contributed by atoms with Gasteiger partial charge in [-0.15, -0.1) is 0 Å². The highest BCUT2D eigenvalue weighted by Gasteiger charge is 2.31. The molecule has 0 saturated heterocycles. The van der Waals surface area contributed by atoms with Crippen LogP contribution >= 0.6 is 0 Å². The van der Waals surface area contributed by atoms with Crippen LogP contribution in [0.15, 0.2) is 54.7 Å². The molecule has 11 heteroatoms. The number of para-hydroxylation sites is 1. The van der Waals surface area contributed by atoms with Gasteiger partial charge in [0.2, 0.25) is 17.7 Å². The van der Waals surface area contributed by atoms with Crippen molar-refractivity contribution in [2.75, 3.05) is 13.1 Å². The van der Waals surface area contributed by atoms with Crippen molar-refractivity contribution >= 4 is 34.4 Å². The number of ketones is 1. The van der Waals surface area contributed by atoms with Crippen LogP contribution in [0.4, 0.5) is 0 Å². The number of nitrogens with zero attached hydrogens (tertiary/aromatic N) is 5. The second-order valence-electron chi connectivity index (χ2n) is 12.8. The number of amides is 3. The minimum Gasteiger partial charge on any atom is -0.344 e. The Hall–Kier alpha value is -4.80. The van der Waals surface area contributed by atoms with Gasteiger partial charge in [-0.2, -0.15) is 5.10 Å². The summed E-state index contributed by atoms with van der Waals surface area (Å²) in [7, 11) is 0. The average molecular weight is 654 g/mol. The number of aromatic nitrogens is 4. The molecule has 1 aliphatic rings. The van der Waals surface area contributed by atoms with E-state index in [1.165, 1.54) is 0 Å². The summed E-state index contributed by atoms with van der Waals surface area (Å²) in [6, 6.07) is 14.5. The van der Waals surface area contributed by atoms with E-state index in [4.69, 9.17) is 4.98 Å². The number of aryl methyl sites for hydroxylation is 2. The molecule has 0 unspecified atom stereocenters. The zero-order valence-electron chi connectivity index (χ0n) is 28.7. The first kappa shape index (κ1) is 34.5. The zero-order chi connectivity index (χ0) is 34.4. The summed E-state index contributed by atoms with van der Waals surface area (Å²) in [6.45, 7) is 10.5. The Balaban J connectivity index is 1.49. The number of fused-ring (bicyclic) bond motifs is 2. The lowest BCUT2D eigenvalue weighted by Crippen LogP contribution is -2.51. The van der Waals surface area contributed by atoms with Gasteiger partial charge in [0.25, 0.3) is 0 Å². The number of hydrogen-bond donors (Lipinski definition) is 2.